The molecule has 8 nitrogen and oxygen atoms in total. The van der Waals surface area contributed by atoms with Crippen LogP contribution in [0.1, 0.15) is 29.0 Å². The Hall–Kier alpha value is -3.29. The van der Waals surface area contributed by atoms with Gasteiger partial charge in [0.05, 0.1) is 18.3 Å². The van der Waals surface area contributed by atoms with Gasteiger partial charge in [0.15, 0.2) is 5.69 Å². The third-order valence-electron chi connectivity index (χ3n) is 5.20. The van der Waals surface area contributed by atoms with Crippen LogP contribution in [0, 0.1) is 6.92 Å². The van der Waals surface area contributed by atoms with Gasteiger partial charge in [0.25, 0.3) is 11.5 Å². The first-order chi connectivity index (χ1) is 13.5. The maximum Gasteiger partial charge on any atom is 0.274 e. The van der Waals surface area contributed by atoms with Crippen molar-refractivity contribution in [2.75, 3.05) is 6.54 Å². The van der Waals surface area contributed by atoms with E-state index in [2.05, 4.69) is 15.2 Å². The normalized spacial score (nSPS) is 16.5. The van der Waals surface area contributed by atoms with E-state index in [9.17, 15) is 9.59 Å². The molecule has 0 saturated carbocycles. The van der Waals surface area contributed by atoms with Crippen LogP contribution in [0.5, 0.6) is 0 Å². The molecule has 3 aromatic heterocycles. The van der Waals surface area contributed by atoms with Crippen LogP contribution in [0.25, 0.3) is 11.3 Å². The number of carbonyl (C=O) groups is 1. The van der Waals surface area contributed by atoms with Crippen molar-refractivity contribution in [2.45, 2.75) is 32.4 Å². The molecule has 0 aromatic carbocycles. The SMILES string of the molecule is Cc1cc(C(=O)N2CCCC2Cn2nc(-c3ccncc3)ccc2=O)nn1C. The van der Waals surface area contributed by atoms with Gasteiger partial charge < -0.3 is 4.90 Å². The average molecular weight is 378 g/mol. The Kier molecular flexibility index (Phi) is 4.77. The summed E-state index contributed by atoms with van der Waals surface area (Å²) in [5.41, 5.74) is 2.80. The second-order valence-electron chi connectivity index (χ2n) is 7.06. The van der Waals surface area contributed by atoms with Crippen LogP contribution in [-0.2, 0) is 13.6 Å². The predicted octanol–water partition coefficient (Wildman–Crippen LogP) is 1.65. The predicted molar refractivity (Wildman–Crippen MR) is 104 cm³/mol. The molecule has 0 N–H and O–H groups in total. The highest BCUT2D eigenvalue weighted by Crippen LogP contribution is 2.21. The first-order valence-electron chi connectivity index (χ1n) is 9.33. The van der Waals surface area contributed by atoms with Crippen molar-refractivity contribution in [3.05, 3.63) is 64.5 Å². The molecule has 0 radical (unpaired) electrons. The van der Waals surface area contributed by atoms with Crippen LogP contribution in [-0.4, -0.2) is 47.9 Å². The van der Waals surface area contributed by atoms with E-state index >= 15 is 0 Å². The monoisotopic (exact) mass is 378 g/mol. The highest BCUT2D eigenvalue weighted by Gasteiger charge is 2.31. The summed E-state index contributed by atoms with van der Waals surface area (Å²) in [6, 6.07) is 8.66. The lowest BCUT2D eigenvalue weighted by Gasteiger charge is -2.24. The highest BCUT2D eigenvalue weighted by atomic mass is 16.2. The molecular weight excluding hydrogens is 356 g/mol. The van der Waals surface area contributed by atoms with Crippen LogP contribution in [0.4, 0.5) is 0 Å². The van der Waals surface area contributed by atoms with Crippen molar-refractivity contribution in [3.8, 4) is 11.3 Å². The fraction of sp³-hybridized carbons (Fsp3) is 0.350. The molecule has 0 bridgehead atoms. The fourth-order valence-electron chi connectivity index (χ4n) is 3.56. The zero-order valence-electron chi connectivity index (χ0n) is 15.9. The Labute approximate surface area is 162 Å². The zero-order valence-corrected chi connectivity index (χ0v) is 15.9. The van der Waals surface area contributed by atoms with Crippen LogP contribution in [0.3, 0.4) is 0 Å². The third-order valence-corrected chi connectivity index (χ3v) is 5.20. The molecule has 3 aromatic rings. The van der Waals surface area contributed by atoms with Crippen LogP contribution < -0.4 is 5.56 Å². The van der Waals surface area contributed by atoms with Crippen LogP contribution in [0.15, 0.2) is 47.5 Å². The van der Waals surface area contributed by atoms with E-state index in [1.807, 2.05) is 31.0 Å². The molecule has 1 amide bonds. The van der Waals surface area contributed by atoms with Crippen molar-refractivity contribution in [3.63, 3.8) is 0 Å². The summed E-state index contributed by atoms with van der Waals surface area (Å²) >= 11 is 0. The number of rotatable bonds is 4. The van der Waals surface area contributed by atoms with Crippen molar-refractivity contribution >= 4 is 5.91 Å². The van der Waals surface area contributed by atoms with Crippen molar-refractivity contribution in [1.82, 2.24) is 29.4 Å². The van der Waals surface area contributed by atoms with Crippen molar-refractivity contribution < 1.29 is 4.79 Å². The maximum atomic E-state index is 12.9. The summed E-state index contributed by atoms with van der Waals surface area (Å²) in [6.07, 6.45) is 5.13. The number of pyridine rings is 1. The Balaban J connectivity index is 1.58. The van der Waals surface area contributed by atoms with E-state index in [4.69, 9.17) is 0 Å². The lowest BCUT2D eigenvalue weighted by atomic mass is 10.2. The first-order valence-corrected chi connectivity index (χ1v) is 9.33. The van der Waals surface area contributed by atoms with Gasteiger partial charge in [-0.1, -0.05) is 0 Å². The Morgan fingerprint density at radius 1 is 1.18 bits per heavy atom. The molecule has 0 spiro atoms. The van der Waals surface area contributed by atoms with Gasteiger partial charge in [-0.25, -0.2) is 4.68 Å². The lowest BCUT2D eigenvalue weighted by Crippen LogP contribution is -2.40. The van der Waals surface area contributed by atoms with E-state index in [0.29, 0.717) is 24.5 Å². The number of nitrogens with zero attached hydrogens (tertiary/aromatic N) is 6. The zero-order chi connectivity index (χ0) is 19.7. The molecule has 28 heavy (non-hydrogen) atoms. The summed E-state index contributed by atoms with van der Waals surface area (Å²) in [4.78, 5) is 31.1. The second-order valence-corrected chi connectivity index (χ2v) is 7.06. The van der Waals surface area contributed by atoms with Crippen molar-refractivity contribution in [1.29, 1.82) is 0 Å². The minimum Gasteiger partial charge on any atom is -0.332 e. The maximum absolute atomic E-state index is 12.9. The smallest absolute Gasteiger partial charge is 0.274 e. The van der Waals surface area contributed by atoms with E-state index < -0.39 is 0 Å². The van der Waals surface area contributed by atoms with Gasteiger partial charge in [-0.05, 0) is 44.0 Å². The van der Waals surface area contributed by atoms with Crippen LogP contribution in [0.2, 0.25) is 0 Å². The molecule has 1 aliphatic heterocycles. The number of carbonyl (C=O) groups excluding carboxylic acids is 1. The molecular formula is C20H22N6O2. The number of likely N-dealkylation sites (tertiary alicyclic amines) is 1. The summed E-state index contributed by atoms with van der Waals surface area (Å²) in [5.74, 6) is -0.0930. The van der Waals surface area contributed by atoms with Gasteiger partial charge in [0.1, 0.15) is 0 Å². The summed E-state index contributed by atoms with van der Waals surface area (Å²) in [7, 11) is 1.82. The van der Waals surface area contributed by atoms with Gasteiger partial charge in [0, 0.05) is 43.3 Å². The number of hydrogen-bond acceptors (Lipinski definition) is 5. The molecule has 1 aliphatic rings. The molecule has 0 aliphatic carbocycles. The molecule has 4 rings (SSSR count). The van der Waals surface area contributed by atoms with E-state index in [0.717, 1.165) is 24.1 Å². The van der Waals surface area contributed by atoms with E-state index in [1.54, 1.807) is 29.2 Å². The summed E-state index contributed by atoms with van der Waals surface area (Å²) in [6.45, 7) is 2.95. The van der Waals surface area contributed by atoms with Gasteiger partial charge in [-0.3, -0.25) is 19.3 Å². The average Bonchev–Trinajstić information content (AvgIpc) is 3.30. The minimum absolute atomic E-state index is 0.0762. The molecule has 144 valence electrons. The largest absolute Gasteiger partial charge is 0.332 e. The lowest BCUT2D eigenvalue weighted by molar-refractivity contribution is 0.0713. The molecule has 8 heteroatoms. The molecule has 4 heterocycles. The van der Waals surface area contributed by atoms with Gasteiger partial charge in [0.2, 0.25) is 0 Å². The third kappa shape index (κ3) is 3.45. The van der Waals surface area contributed by atoms with E-state index in [-0.39, 0.29) is 17.5 Å². The van der Waals surface area contributed by atoms with Crippen molar-refractivity contribution in [2.24, 2.45) is 7.05 Å². The van der Waals surface area contributed by atoms with Gasteiger partial charge in [-0.2, -0.15) is 10.2 Å². The molecule has 1 atom stereocenters. The molecule has 1 unspecified atom stereocenters. The second kappa shape index (κ2) is 7.38. The first kappa shape index (κ1) is 18.1. The minimum atomic E-state index is -0.175. The summed E-state index contributed by atoms with van der Waals surface area (Å²) < 4.78 is 3.15. The molecule has 1 fully saturated rings. The topological polar surface area (TPSA) is 85.9 Å². The Morgan fingerprint density at radius 2 is 1.96 bits per heavy atom. The quantitative estimate of drug-likeness (QED) is 0.689. The Bertz CT molecular complexity index is 1040. The number of hydrogen-bond donors (Lipinski definition) is 0. The molecule has 1 saturated heterocycles. The fourth-order valence-corrected chi connectivity index (χ4v) is 3.56. The number of amides is 1. The number of aromatic nitrogens is 5. The van der Waals surface area contributed by atoms with E-state index in [1.165, 1.54) is 10.7 Å². The highest BCUT2D eigenvalue weighted by molar-refractivity contribution is 5.92. The standard InChI is InChI=1S/C20H22N6O2/c1-14-12-18(22-24(14)2)20(28)25-11-3-4-16(25)13-26-19(27)6-5-17(23-26)15-7-9-21-10-8-15/h5-10,12,16H,3-4,11,13H2,1-2H3. The van der Waals surface area contributed by atoms with Gasteiger partial charge >= 0.3 is 0 Å². The van der Waals surface area contributed by atoms with Crippen LogP contribution >= 0.6 is 0 Å². The Morgan fingerprint density at radius 3 is 2.68 bits per heavy atom. The summed E-state index contributed by atoms with van der Waals surface area (Å²) in [5, 5.41) is 8.81. The van der Waals surface area contributed by atoms with Gasteiger partial charge in [-0.15, -0.1) is 0 Å². The number of aryl methyl sites for hydroxylation is 2.